The maximum absolute atomic E-state index is 5.59. The lowest BCUT2D eigenvalue weighted by Crippen LogP contribution is -2.20. The van der Waals surface area contributed by atoms with Crippen LogP contribution in [0, 0.1) is 11.3 Å². The fourth-order valence-electron chi connectivity index (χ4n) is 1.42. The number of halogens is 1. The zero-order chi connectivity index (χ0) is 8.48. The van der Waals surface area contributed by atoms with Crippen LogP contribution in [0.25, 0.3) is 0 Å². The molecule has 1 aliphatic rings. The Morgan fingerprint density at radius 2 is 2.09 bits per heavy atom. The first-order valence-electron chi connectivity index (χ1n) is 4.21. The van der Waals surface area contributed by atoms with Gasteiger partial charge in [0.2, 0.25) is 0 Å². The Morgan fingerprint density at radius 3 is 2.36 bits per heavy atom. The normalized spacial score (nSPS) is 32.7. The summed E-state index contributed by atoms with van der Waals surface area (Å²) in [5, 5.41) is 0.986. The second-order valence-electron chi connectivity index (χ2n) is 4.41. The Bertz CT molecular complexity index is 128. The van der Waals surface area contributed by atoms with Crippen LogP contribution in [0.1, 0.15) is 27.2 Å². The SMILES string of the molecule is CC(C)(C)[C@H]1CO[C@@H](CBr)C1. The van der Waals surface area contributed by atoms with E-state index < -0.39 is 0 Å². The van der Waals surface area contributed by atoms with Crippen LogP contribution in [-0.2, 0) is 4.74 Å². The van der Waals surface area contributed by atoms with Crippen LogP contribution in [0.4, 0.5) is 0 Å². The van der Waals surface area contributed by atoms with Gasteiger partial charge >= 0.3 is 0 Å². The standard InChI is InChI=1S/C9H17BrO/c1-9(2,3)7-4-8(5-10)11-6-7/h7-8H,4-6H2,1-3H3/t7-,8-/m1/s1. The Balaban J connectivity index is 2.42. The summed E-state index contributed by atoms with van der Waals surface area (Å²) < 4.78 is 5.59. The number of hydrogen-bond acceptors (Lipinski definition) is 1. The minimum atomic E-state index is 0.414. The molecule has 0 aromatic carbocycles. The van der Waals surface area contributed by atoms with Gasteiger partial charge in [0.25, 0.3) is 0 Å². The fourth-order valence-corrected chi connectivity index (χ4v) is 1.87. The van der Waals surface area contributed by atoms with E-state index in [9.17, 15) is 0 Å². The molecule has 0 bridgehead atoms. The maximum atomic E-state index is 5.59. The molecule has 0 aliphatic carbocycles. The summed E-state index contributed by atoms with van der Waals surface area (Å²) in [4.78, 5) is 0. The van der Waals surface area contributed by atoms with Gasteiger partial charge in [0.15, 0.2) is 0 Å². The summed E-state index contributed by atoms with van der Waals surface area (Å²) in [6.07, 6.45) is 1.67. The van der Waals surface area contributed by atoms with Crippen LogP contribution in [0.2, 0.25) is 0 Å². The van der Waals surface area contributed by atoms with Crippen molar-refractivity contribution in [1.82, 2.24) is 0 Å². The summed E-state index contributed by atoms with van der Waals surface area (Å²) in [6, 6.07) is 0. The van der Waals surface area contributed by atoms with Crippen molar-refractivity contribution in [1.29, 1.82) is 0 Å². The maximum Gasteiger partial charge on any atom is 0.0675 e. The molecular weight excluding hydrogens is 204 g/mol. The number of ether oxygens (including phenoxy) is 1. The van der Waals surface area contributed by atoms with E-state index in [-0.39, 0.29) is 0 Å². The monoisotopic (exact) mass is 220 g/mol. The highest BCUT2D eigenvalue weighted by atomic mass is 79.9. The molecule has 0 unspecified atom stereocenters. The van der Waals surface area contributed by atoms with Crippen LogP contribution in [0.5, 0.6) is 0 Å². The average molecular weight is 221 g/mol. The van der Waals surface area contributed by atoms with Crippen molar-refractivity contribution in [2.45, 2.75) is 33.3 Å². The van der Waals surface area contributed by atoms with E-state index >= 15 is 0 Å². The van der Waals surface area contributed by atoms with Crippen molar-refractivity contribution in [3.63, 3.8) is 0 Å². The van der Waals surface area contributed by atoms with Crippen LogP contribution in [0.3, 0.4) is 0 Å². The summed E-state index contributed by atoms with van der Waals surface area (Å²) in [5.74, 6) is 0.741. The Morgan fingerprint density at radius 1 is 1.45 bits per heavy atom. The van der Waals surface area contributed by atoms with Gasteiger partial charge in [0, 0.05) is 5.33 Å². The molecular formula is C9H17BrO. The molecule has 11 heavy (non-hydrogen) atoms. The lowest BCUT2D eigenvalue weighted by molar-refractivity contribution is 0.111. The molecule has 0 saturated carbocycles. The molecule has 1 rings (SSSR count). The molecule has 0 radical (unpaired) electrons. The lowest BCUT2D eigenvalue weighted by Gasteiger charge is -2.25. The third-order valence-electron chi connectivity index (χ3n) is 2.48. The molecule has 2 atom stereocenters. The van der Waals surface area contributed by atoms with Gasteiger partial charge in [-0.25, -0.2) is 0 Å². The smallest absolute Gasteiger partial charge is 0.0675 e. The highest BCUT2D eigenvalue weighted by molar-refractivity contribution is 9.09. The molecule has 2 heteroatoms. The molecule has 1 heterocycles. The summed E-state index contributed by atoms with van der Waals surface area (Å²) in [7, 11) is 0. The van der Waals surface area contributed by atoms with Crippen LogP contribution < -0.4 is 0 Å². The van der Waals surface area contributed by atoms with Gasteiger partial charge in [0.1, 0.15) is 0 Å². The Labute approximate surface area is 77.6 Å². The molecule has 1 fully saturated rings. The van der Waals surface area contributed by atoms with Crippen molar-refractivity contribution < 1.29 is 4.74 Å². The van der Waals surface area contributed by atoms with Crippen LogP contribution in [-0.4, -0.2) is 18.0 Å². The van der Waals surface area contributed by atoms with Crippen molar-refractivity contribution in [2.75, 3.05) is 11.9 Å². The number of hydrogen-bond donors (Lipinski definition) is 0. The summed E-state index contributed by atoms with van der Waals surface area (Å²) >= 11 is 3.45. The van der Waals surface area contributed by atoms with E-state index in [1.807, 2.05) is 0 Å². The van der Waals surface area contributed by atoms with E-state index in [4.69, 9.17) is 4.74 Å². The predicted octanol–water partition coefficient (Wildman–Crippen LogP) is 2.83. The van der Waals surface area contributed by atoms with E-state index in [1.54, 1.807) is 0 Å². The Hall–Kier alpha value is 0.440. The lowest BCUT2D eigenvalue weighted by atomic mass is 9.80. The van der Waals surface area contributed by atoms with Crippen LogP contribution >= 0.6 is 15.9 Å². The molecule has 0 aromatic heterocycles. The zero-order valence-electron chi connectivity index (χ0n) is 7.56. The third kappa shape index (κ3) is 2.45. The fraction of sp³-hybridized carbons (Fsp3) is 1.00. The quantitative estimate of drug-likeness (QED) is 0.618. The summed E-state index contributed by atoms with van der Waals surface area (Å²) in [5.41, 5.74) is 0.414. The van der Waals surface area contributed by atoms with Gasteiger partial charge in [-0.15, -0.1) is 0 Å². The number of alkyl halides is 1. The molecule has 0 spiro atoms. The molecule has 0 amide bonds. The summed E-state index contributed by atoms with van der Waals surface area (Å²) in [6.45, 7) is 7.81. The molecule has 66 valence electrons. The van der Waals surface area contributed by atoms with Crippen molar-refractivity contribution in [2.24, 2.45) is 11.3 Å². The highest BCUT2D eigenvalue weighted by Crippen LogP contribution is 2.35. The third-order valence-corrected chi connectivity index (χ3v) is 3.20. The largest absolute Gasteiger partial charge is 0.377 e. The first-order chi connectivity index (χ1) is 5.04. The van der Waals surface area contributed by atoms with Gasteiger partial charge in [-0.2, -0.15) is 0 Å². The van der Waals surface area contributed by atoms with E-state index in [2.05, 4.69) is 36.7 Å². The second kappa shape index (κ2) is 3.44. The zero-order valence-corrected chi connectivity index (χ0v) is 9.15. The van der Waals surface area contributed by atoms with Gasteiger partial charge in [-0.1, -0.05) is 36.7 Å². The average Bonchev–Trinajstić information content (AvgIpc) is 2.32. The van der Waals surface area contributed by atoms with Crippen LogP contribution in [0.15, 0.2) is 0 Å². The molecule has 0 N–H and O–H groups in total. The minimum Gasteiger partial charge on any atom is -0.377 e. The van der Waals surface area contributed by atoms with Crippen molar-refractivity contribution >= 4 is 15.9 Å². The van der Waals surface area contributed by atoms with Gasteiger partial charge < -0.3 is 4.74 Å². The highest BCUT2D eigenvalue weighted by Gasteiger charge is 2.32. The molecule has 0 aromatic rings. The first kappa shape index (κ1) is 9.53. The number of rotatable bonds is 1. The Kier molecular flexibility index (Phi) is 2.98. The van der Waals surface area contributed by atoms with E-state index in [0.717, 1.165) is 17.9 Å². The van der Waals surface area contributed by atoms with E-state index in [1.165, 1.54) is 6.42 Å². The second-order valence-corrected chi connectivity index (χ2v) is 5.06. The predicted molar refractivity (Wildman–Crippen MR) is 51.1 cm³/mol. The molecule has 1 saturated heterocycles. The van der Waals surface area contributed by atoms with E-state index in [0.29, 0.717) is 11.5 Å². The molecule has 1 nitrogen and oxygen atoms in total. The topological polar surface area (TPSA) is 9.23 Å². The first-order valence-corrected chi connectivity index (χ1v) is 5.33. The van der Waals surface area contributed by atoms with Crippen molar-refractivity contribution in [3.05, 3.63) is 0 Å². The van der Waals surface area contributed by atoms with Gasteiger partial charge in [-0.05, 0) is 17.8 Å². The minimum absolute atomic E-state index is 0.414. The van der Waals surface area contributed by atoms with Gasteiger partial charge in [0.05, 0.1) is 12.7 Å². The van der Waals surface area contributed by atoms with Gasteiger partial charge in [-0.3, -0.25) is 0 Å². The molecule has 1 aliphatic heterocycles. The van der Waals surface area contributed by atoms with Crippen molar-refractivity contribution in [3.8, 4) is 0 Å².